The van der Waals surface area contributed by atoms with Gasteiger partial charge in [0.15, 0.2) is 0 Å². The fraction of sp³-hybridized carbons (Fsp3) is 0.818. The Morgan fingerprint density at radius 2 is 1.86 bits per heavy atom. The molecule has 3 heteroatoms. The van der Waals surface area contributed by atoms with Crippen LogP contribution in [0.5, 0.6) is 0 Å². The molecule has 0 radical (unpaired) electrons. The fourth-order valence-electron chi connectivity index (χ4n) is 0.867. The Hall–Kier alpha value is -0.700. The minimum Gasteiger partial charge on any atom is -0.311 e. The zero-order chi connectivity index (χ0) is 11.4. The molecule has 0 bridgehead atoms. The van der Waals surface area contributed by atoms with Gasteiger partial charge in [-0.1, -0.05) is 20.8 Å². The van der Waals surface area contributed by atoms with E-state index in [1.165, 1.54) is 0 Å². The summed E-state index contributed by atoms with van der Waals surface area (Å²) in [7, 11) is 1.81. The first kappa shape index (κ1) is 15.8. The van der Waals surface area contributed by atoms with Gasteiger partial charge in [-0.25, -0.2) is 0 Å². The normalized spacial score (nSPS) is 11.5. The number of hydrogen-bond acceptors (Lipinski definition) is 3. The van der Waals surface area contributed by atoms with Crippen molar-refractivity contribution in [1.82, 2.24) is 5.32 Å². The molecule has 0 aromatic rings. The van der Waals surface area contributed by atoms with Gasteiger partial charge in [0.2, 0.25) is 0 Å². The quantitative estimate of drug-likeness (QED) is 0.667. The van der Waals surface area contributed by atoms with Crippen LogP contribution < -0.4 is 5.32 Å². The first-order chi connectivity index (χ1) is 6.62. The van der Waals surface area contributed by atoms with E-state index in [-0.39, 0.29) is 6.04 Å². The first-order valence-electron chi connectivity index (χ1n) is 5.18. The molecular weight excluding hydrogens is 178 g/mol. The van der Waals surface area contributed by atoms with E-state index in [0.29, 0.717) is 12.3 Å². The van der Waals surface area contributed by atoms with Crippen LogP contribution in [0.2, 0.25) is 0 Å². The third-order valence-corrected chi connectivity index (χ3v) is 1.67. The molecule has 1 N–H and O–H groups in total. The Balaban J connectivity index is 0. The van der Waals surface area contributed by atoms with E-state index < -0.39 is 0 Å². The van der Waals surface area contributed by atoms with E-state index in [0.717, 1.165) is 25.4 Å². The van der Waals surface area contributed by atoms with Gasteiger partial charge >= 0.3 is 0 Å². The lowest BCUT2D eigenvalue weighted by molar-refractivity contribution is -0.110. The predicted molar refractivity (Wildman–Crippen MR) is 59.3 cm³/mol. The lowest BCUT2D eigenvalue weighted by Gasteiger charge is -2.10. The Morgan fingerprint density at radius 3 is 1.93 bits per heavy atom. The van der Waals surface area contributed by atoms with Crippen molar-refractivity contribution >= 4 is 12.6 Å². The van der Waals surface area contributed by atoms with Crippen LogP contribution in [-0.4, -0.2) is 25.7 Å². The molecule has 0 spiro atoms. The number of unbranched alkanes of at least 4 members (excludes halogenated alkanes) is 1. The van der Waals surface area contributed by atoms with Crippen molar-refractivity contribution in [3.8, 4) is 0 Å². The van der Waals surface area contributed by atoms with Gasteiger partial charge in [0.1, 0.15) is 12.6 Å². The summed E-state index contributed by atoms with van der Waals surface area (Å²) in [5.41, 5.74) is 0. The topological polar surface area (TPSA) is 46.2 Å². The molecule has 0 amide bonds. The molecule has 0 saturated heterocycles. The highest BCUT2D eigenvalue weighted by Crippen LogP contribution is 2.01. The van der Waals surface area contributed by atoms with Crippen molar-refractivity contribution in [2.75, 3.05) is 7.05 Å². The Kier molecular flexibility index (Phi) is 13.8. The highest BCUT2D eigenvalue weighted by atomic mass is 16.1. The maximum atomic E-state index is 10.2. The lowest BCUT2D eigenvalue weighted by Crippen LogP contribution is -2.27. The third-order valence-electron chi connectivity index (χ3n) is 1.67. The van der Waals surface area contributed by atoms with Gasteiger partial charge in [0.25, 0.3) is 0 Å². The van der Waals surface area contributed by atoms with Crippen molar-refractivity contribution in [1.29, 1.82) is 0 Å². The number of carbonyl (C=O) groups excluding carboxylic acids is 2. The molecule has 1 unspecified atom stereocenters. The summed E-state index contributed by atoms with van der Waals surface area (Å²) in [6, 6.07) is 0.0463. The number of carbonyl (C=O) groups is 2. The van der Waals surface area contributed by atoms with Gasteiger partial charge in [-0.15, -0.1) is 0 Å². The lowest BCUT2D eigenvalue weighted by atomic mass is 10.1. The maximum absolute atomic E-state index is 10.2. The van der Waals surface area contributed by atoms with E-state index in [4.69, 9.17) is 0 Å². The number of aldehydes is 2. The summed E-state index contributed by atoms with van der Waals surface area (Å²) in [6.45, 7) is 6.19. The first-order valence-corrected chi connectivity index (χ1v) is 5.18. The second kappa shape index (κ2) is 12.3. The molecule has 0 aromatic carbocycles. The van der Waals surface area contributed by atoms with Crippen LogP contribution in [0.4, 0.5) is 0 Å². The predicted octanol–water partition coefficient (Wildman–Crippen LogP) is 1.80. The van der Waals surface area contributed by atoms with E-state index >= 15 is 0 Å². The second-order valence-corrected chi connectivity index (χ2v) is 3.62. The van der Waals surface area contributed by atoms with Crippen LogP contribution in [0.15, 0.2) is 0 Å². The van der Waals surface area contributed by atoms with Crippen molar-refractivity contribution in [3.05, 3.63) is 0 Å². The van der Waals surface area contributed by atoms with Crippen LogP contribution in [0.25, 0.3) is 0 Å². The molecule has 84 valence electrons. The van der Waals surface area contributed by atoms with Crippen LogP contribution in [-0.2, 0) is 9.59 Å². The van der Waals surface area contributed by atoms with Gasteiger partial charge < -0.3 is 14.9 Å². The van der Waals surface area contributed by atoms with E-state index in [1.807, 2.05) is 6.92 Å². The molecule has 0 aromatic heterocycles. The molecule has 0 heterocycles. The van der Waals surface area contributed by atoms with Crippen LogP contribution in [0.1, 0.15) is 40.0 Å². The van der Waals surface area contributed by atoms with E-state index in [2.05, 4.69) is 19.2 Å². The maximum Gasteiger partial charge on any atom is 0.136 e. The number of likely N-dealkylation sites (N-methyl/N-ethyl adjacent to an activating group) is 1. The average molecular weight is 201 g/mol. The number of rotatable bonds is 6. The number of hydrogen-bond donors (Lipinski definition) is 1. The molecular formula is C11H23NO2. The second-order valence-electron chi connectivity index (χ2n) is 3.62. The van der Waals surface area contributed by atoms with Crippen LogP contribution >= 0.6 is 0 Å². The summed E-state index contributed by atoms with van der Waals surface area (Å²) in [5, 5.41) is 2.92. The van der Waals surface area contributed by atoms with Crippen molar-refractivity contribution in [2.24, 2.45) is 5.92 Å². The minimum absolute atomic E-state index is 0.0463. The van der Waals surface area contributed by atoms with E-state index in [9.17, 15) is 9.59 Å². The molecule has 0 aliphatic rings. The van der Waals surface area contributed by atoms with Crippen molar-refractivity contribution < 1.29 is 9.59 Å². The minimum atomic E-state index is 0.0463. The zero-order valence-corrected chi connectivity index (χ0v) is 9.75. The molecule has 1 atom stereocenters. The standard InChI is InChI=1S/C7H15NO.C4H8O/c1-6(2)4-7(5-9)8-3;1-2-3-4-5/h5-8H,4H2,1-3H3;4H,2-3H2,1H3. The Labute approximate surface area is 87.3 Å². The summed E-state index contributed by atoms with van der Waals surface area (Å²) >= 11 is 0. The number of nitrogens with one attached hydrogen (secondary N) is 1. The van der Waals surface area contributed by atoms with Gasteiger partial charge in [0.05, 0.1) is 6.04 Å². The molecule has 14 heavy (non-hydrogen) atoms. The van der Waals surface area contributed by atoms with Crippen LogP contribution in [0.3, 0.4) is 0 Å². The highest BCUT2D eigenvalue weighted by Gasteiger charge is 2.04. The van der Waals surface area contributed by atoms with Crippen LogP contribution in [0, 0.1) is 5.92 Å². The molecule has 0 aliphatic heterocycles. The SMILES string of the molecule is CCCC=O.CNC(C=O)CC(C)C. The van der Waals surface area contributed by atoms with E-state index in [1.54, 1.807) is 7.05 Å². The Morgan fingerprint density at radius 1 is 1.29 bits per heavy atom. The van der Waals surface area contributed by atoms with Gasteiger partial charge in [-0.05, 0) is 25.8 Å². The summed E-state index contributed by atoms with van der Waals surface area (Å²) < 4.78 is 0. The van der Waals surface area contributed by atoms with Crippen molar-refractivity contribution in [3.63, 3.8) is 0 Å². The molecule has 0 fully saturated rings. The monoisotopic (exact) mass is 201 g/mol. The zero-order valence-electron chi connectivity index (χ0n) is 9.75. The average Bonchev–Trinajstić information content (AvgIpc) is 2.16. The fourth-order valence-corrected chi connectivity index (χ4v) is 0.867. The Bertz CT molecular complexity index is 135. The summed E-state index contributed by atoms with van der Waals surface area (Å²) in [6.07, 6.45) is 4.50. The highest BCUT2D eigenvalue weighted by molar-refractivity contribution is 5.57. The molecule has 0 saturated carbocycles. The molecule has 3 nitrogen and oxygen atoms in total. The molecule has 0 rings (SSSR count). The molecule has 0 aliphatic carbocycles. The van der Waals surface area contributed by atoms with Gasteiger partial charge in [-0.3, -0.25) is 0 Å². The smallest absolute Gasteiger partial charge is 0.136 e. The largest absolute Gasteiger partial charge is 0.311 e. The summed E-state index contributed by atoms with van der Waals surface area (Å²) in [4.78, 5) is 19.6. The van der Waals surface area contributed by atoms with Gasteiger partial charge in [0, 0.05) is 6.42 Å². The van der Waals surface area contributed by atoms with Gasteiger partial charge in [-0.2, -0.15) is 0 Å². The van der Waals surface area contributed by atoms with Crippen molar-refractivity contribution in [2.45, 2.75) is 46.1 Å². The summed E-state index contributed by atoms with van der Waals surface area (Å²) in [5.74, 6) is 0.590. The third kappa shape index (κ3) is 13.9.